The predicted octanol–water partition coefficient (Wildman–Crippen LogP) is 1.95. The number of benzene rings is 1. The van der Waals surface area contributed by atoms with Crippen LogP contribution in [0.25, 0.3) is 5.82 Å². The minimum absolute atomic E-state index is 0.0300. The van der Waals surface area contributed by atoms with E-state index in [0.29, 0.717) is 24.7 Å². The number of carbonyl (C=O) groups is 1. The number of imidazole rings is 1. The number of nitrogens with one attached hydrogen (secondary N) is 2. The Labute approximate surface area is 144 Å². The Morgan fingerprint density at radius 3 is 2.80 bits per heavy atom. The zero-order chi connectivity index (χ0) is 17.6. The smallest absolute Gasteiger partial charge is 0.254 e. The van der Waals surface area contributed by atoms with Crippen molar-refractivity contribution in [2.45, 2.75) is 6.92 Å². The molecule has 0 fully saturated rings. The lowest BCUT2D eigenvalue weighted by atomic mass is 10.2. The van der Waals surface area contributed by atoms with Crippen molar-refractivity contribution in [1.29, 1.82) is 0 Å². The minimum Gasteiger partial charge on any atom is -0.368 e. The number of amides is 1. The summed E-state index contributed by atoms with van der Waals surface area (Å²) in [6, 6.07) is 7.66. The van der Waals surface area contributed by atoms with Crippen LogP contribution >= 0.6 is 0 Å². The maximum absolute atomic E-state index is 13.5. The molecule has 1 amide bonds. The average Bonchev–Trinajstić information content (AvgIpc) is 3.05. The van der Waals surface area contributed by atoms with Gasteiger partial charge in [-0.05, 0) is 19.1 Å². The lowest BCUT2D eigenvalue weighted by Crippen LogP contribution is -2.29. The highest BCUT2D eigenvalue weighted by molar-refractivity contribution is 5.94. The van der Waals surface area contributed by atoms with Crippen LogP contribution in [0.5, 0.6) is 0 Å². The van der Waals surface area contributed by atoms with Crippen LogP contribution in [0.4, 0.5) is 10.2 Å². The number of aromatic nitrogens is 4. The van der Waals surface area contributed by atoms with Crippen LogP contribution in [0.1, 0.15) is 16.2 Å². The largest absolute Gasteiger partial charge is 0.368 e. The van der Waals surface area contributed by atoms with Crippen molar-refractivity contribution in [3.05, 3.63) is 66.3 Å². The summed E-state index contributed by atoms with van der Waals surface area (Å²) in [4.78, 5) is 24.4. The van der Waals surface area contributed by atoms with E-state index in [1.165, 1.54) is 18.5 Å². The van der Waals surface area contributed by atoms with Crippen LogP contribution in [-0.4, -0.2) is 38.5 Å². The number of nitrogens with zero attached hydrogens (tertiary/aromatic N) is 4. The maximum atomic E-state index is 13.5. The summed E-state index contributed by atoms with van der Waals surface area (Å²) < 4.78 is 15.4. The molecule has 0 saturated heterocycles. The Bertz CT molecular complexity index is 879. The van der Waals surface area contributed by atoms with Gasteiger partial charge in [0.1, 0.15) is 29.6 Å². The van der Waals surface area contributed by atoms with Crippen LogP contribution in [0.15, 0.2) is 49.1 Å². The van der Waals surface area contributed by atoms with Gasteiger partial charge in [0.15, 0.2) is 0 Å². The molecule has 128 valence electrons. The lowest BCUT2D eigenvalue weighted by molar-refractivity contribution is 0.0951. The van der Waals surface area contributed by atoms with Gasteiger partial charge < -0.3 is 10.6 Å². The van der Waals surface area contributed by atoms with Gasteiger partial charge in [-0.15, -0.1) is 0 Å². The molecule has 0 radical (unpaired) electrons. The van der Waals surface area contributed by atoms with E-state index in [1.54, 1.807) is 24.4 Å². The molecule has 2 heterocycles. The van der Waals surface area contributed by atoms with E-state index in [-0.39, 0.29) is 5.56 Å². The number of halogens is 1. The van der Waals surface area contributed by atoms with Gasteiger partial charge in [-0.25, -0.2) is 19.3 Å². The van der Waals surface area contributed by atoms with Gasteiger partial charge in [0.25, 0.3) is 5.91 Å². The molecule has 3 aromatic rings. The van der Waals surface area contributed by atoms with Gasteiger partial charge in [0, 0.05) is 31.5 Å². The van der Waals surface area contributed by atoms with Crippen LogP contribution < -0.4 is 10.6 Å². The van der Waals surface area contributed by atoms with Gasteiger partial charge in [0.2, 0.25) is 0 Å². The SMILES string of the molecule is Cc1nccn1-c1cc(NCCNC(=O)c2ccccc2F)ncn1. The second-order valence-corrected chi connectivity index (χ2v) is 5.27. The number of hydrogen-bond donors (Lipinski definition) is 2. The first-order valence-electron chi connectivity index (χ1n) is 7.74. The topological polar surface area (TPSA) is 84.7 Å². The molecule has 0 bridgehead atoms. The minimum atomic E-state index is -0.538. The quantitative estimate of drug-likeness (QED) is 0.670. The fourth-order valence-corrected chi connectivity index (χ4v) is 2.30. The molecule has 25 heavy (non-hydrogen) atoms. The fourth-order valence-electron chi connectivity index (χ4n) is 2.30. The summed E-state index contributed by atoms with van der Waals surface area (Å²) in [5.41, 5.74) is 0.0300. The third-order valence-corrected chi connectivity index (χ3v) is 3.56. The van der Waals surface area contributed by atoms with Crippen molar-refractivity contribution in [3.63, 3.8) is 0 Å². The number of anilines is 1. The highest BCUT2D eigenvalue weighted by Gasteiger charge is 2.09. The summed E-state index contributed by atoms with van der Waals surface area (Å²) in [5.74, 6) is 1.16. The standard InChI is InChI=1S/C17H17FN6O/c1-12-19-8-9-24(12)16-10-15(22-11-23-16)20-6-7-21-17(25)13-4-2-3-5-14(13)18/h2-5,8-11H,6-7H2,1H3,(H,21,25)(H,20,22,23). The van der Waals surface area contributed by atoms with E-state index in [1.807, 2.05) is 17.7 Å². The molecule has 2 N–H and O–H groups in total. The molecular weight excluding hydrogens is 323 g/mol. The van der Waals surface area contributed by atoms with E-state index in [0.717, 1.165) is 5.82 Å². The molecule has 0 atom stereocenters. The molecule has 8 heteroatoms. The van der Waals surface area contributed by atoms with E-state index >= 15 is 0 Å². The van der Waals surface area contributed by atoms with E-state index in [4.69, 9.17) is 0 Å². The average molecular weight is 340 g/mol. The van der Waals surface area contributed by atoms with Gasteiger partial charge in [-0.2, -0.15) is 0 Å². The van der Waals surface area contributed by atoms with Gasteiger partial charge in [-0.1, -0.05) is 12.1 Å². The third-order valence-electron chi connectivity index (χ3n) is 3.56. The van der Waals surface area contributed by atoms with Gasteiger partial charge in [-0.3, -0.25) is 9.36 Å². The molecule has 7 nitrogen and oxygen atoms in total. The molecule has 1 aromatic carbocycles. The van der Waals surface area contributed by atoms with E-state index in [9.17, 15) is 9.18 Å². The highest BCUT2D eigenvalue weighted by atomic mass is 19.1. The monoisotopic (exact) mass is 340 g/mol. The second-order valence-electron chi connectivity index (χ2n) is 5.27. The van der Waals surface area contributed by atoms with E-state index in [2.05, 4.69) is 25.6 Å². The molecule has 0 aliphatic carbocycles. The Kier molecular flexibility index (Phi) is 4.98. The number of carbonyl (C=O) groups excluding carboxylic acids is 1. The van der Waals surface area contributed by atoms with Crippen molar-refractivity contribution >= 4 is 11.7 Å². The summed E-state index contributed by atoms with van der Waals surface area (Å²) in [5, 5.41) is 5.76. The normalized spacial score (nSPS) is 10.5. The second kappa shape index (κ2) is 7.52. The molecule has 0 saturated carbocycles. The molecule has 0 unspecified atom stereocenters. The first-order chi connectivity index (χ1) is 12.1. The summed E-state index contributed by atoms with van der Waals surface area (Å²) in [6.07, 6.45) is 4.97. The Morgan fingerprint density at radius 2 is 2.04 bits per heavy atom. The van der Waals surface area contributed by atoms with Crippen molar-refractivity contribution in [3.8, 4) is 5.82 Å². The van der Waals surface area contributed by atoms with Crippen LogP contribution in [0.2, 0.25) is 0 Å². The molecule has 0 aliphatic heterocycles. The highest BCUT2D eigenvalue weighted by Crippen LogP contribution is 2.10. The first kappa shape index (κ1) is 16.6. The zero-order valence-electron chi connectivity index (χ0n) is 13.6. The zero-order valence-corrected chi connectivity index (χ0v) is 13.6. The molecule has 3 rings (SSSR count). The van der Waals surface area contributed by atoms with Crippen LogP contribution in [0, 0.1) is 12.7 Å². The van der Waals surface area contributed by atoms with Crippen molar-refractivity contribution in [2.75, 3.05) is 18.4 Å². The molecule has 2 aromatic heterocycles. The van der Waals surface area contributed by atoms with E-state index < -0.39 is 11.7 Å². The predicted molar refractivity (Wildman–Crippen MR) is 91.1 cm³/mol. The van der Waals surface area contributed by atoms with Gasteiger partial charge >= 0.3 is 0 Å². The number of rotatable bonds is 6. The summed E-state index contributed by atoms with van der Waals surface area (Å²) >= 11 is 0. The van der Waals surface area contributed by atoms with Crippen molar-refractivity contribution < 1.29 is 9.18 Å². The third kappa shape index (κ3) is 3.97. The Morgan fingerprint density at radius 1 is 1.20 bits per heavy atom. The molecular formula is C17H17FN6O. The Hall–Kier alpha value is -3.29. The fraction of sp³-hybridized carbons (Fsp3) is 0.176. The summed E-state index contributed by atoms with van der Waals surface area (Å²) in [6.45, 7) is 2.66. The van der Waals surface area contributed by atoms with Crippen molar-refractivity contribution in [2.24, 2.45) is 0 Å². The Balaban J connectivity index is 1.54. The number of hydrogen-bond acceptors (Lipinski definition) is 5. The molecule has 0 aliphatic rings. The lowest BCUT2D eigenvalue weighted by Gasteiger charge is -2.09. The van der Waals surface area contributed by atoms with Crippen LogP contribution in [0.3, 0.4) is 0 Å². The van der Waals surface area contributed by atoms with Crippen molar-refractivity contribution in [1.82, 2.24) is 24.8 Å². The summed E-state index contributed by atoms with van der Waals surface area (Å²) in [7, 11) is 0. The first-order valence-corrected chi connectivity index (χ1v) is 7.74. The maximum Gasteiger partial charge on any atom is 0.254 e. The number of aryl methyl sites for hydroxylation is 1. The van der Waals surface area contributed by atoms with Crippen LogP contribution in [-0.2, 0) is 0 Å². The molecule has 0 spiro atoms. The van der Waals surface area contributed by atoms with Gasteiger partial charge in [0.05, 0.1) is 5.56 Å².